The minimum absolute atomic E-state index is 0.132. The Labute approximate surface area is 198 Å². The van der Waals surface area contributed by atoms with Gasteiger partial charge in [0.05, 0.1) is 10.6 Å². The maximum absolute atomic E-state index is 12.5. The summed E-state index contributed by atoms with van der Waals surface area (Å²) in [6.07, 6.45) is 0. The summed E-state index contributed by atoms with van der Waals surface area (Å²) >= 11 is 6.09. The monoisotopic (exact) mass is 488 g/mol. The Hall–Kier alpha value is -3.07. The van der Waals surface area contributed by atoms with Crippen molar-refractivity contribution in [1.82, 2.24) is 4.72 Å². The number of benzene rings is 3. The molecule has 3 aromatic carbocycles. The summed E-state index contributed by atoms with van der Waals surface area (Å²) in [5.74, 6) is 1.03. The van der Waals surface area contributed by atoms with Crippen LogP contribution in [0.15, 0.2) is 71.6 Å². The molecule has 0 atom stereocenters. The second-order valence-corrected chi connectivity index (χ2v) is 9.75. The van der Waals surface area contributed by atoms with E-state index in [9.17, 15) is 13.2 Å². The van der Waals surface area contributed by atoms with E-state index in [1.54, 1.807) is 51.1 Å². The van der Waals surface area contributed by atoms with Gasteiger partial charge in [0, 0.05) is 11.1 Å². The minimum Gasteiger partial charge on any atom is -0.483 e. The number of hydrogen-bond donors (Lipinski definition) is 2. The van der Waals surface area contributed by atoms with Gasteiger partial charge in [-0.1, -0.05) is 29.8 Å². The molecule has 0 aromatic heterocycles. The summed E-state index contributed by atoms with van der Waals surface area (Å²) in [5, 5.41) is 3.18. The molecule has 174 valence electrons. The van der Waals surface area contributed by atoms with E-state index in [0.717, 1.165) is 0 Å². The molecule has 0 radical (unpaired) electrons. The van der Waals surface area contributed by atoms with Gasteiger partial charge in [-0.05, 0) is 74.9 Å². The highest BCUT2D eigenvalue weighted by Gasteiger charge is 2.17. The first-order chi connectivity index (χ1) is 15.6. The summed E-state index contributed by atoms with van der Waals surface area (Å²) in [7, 11) is -3.62. The second kappa shape index (κ2) is 10.7. The van der Waals surface area contributed by atoms with Crippen molar-refractivity contribution in [2.24, 2.45) is 0 Å². The van der Waals surface area contributed by atoms with Crippen LogP contribution in [0.5, 0.6) is 17.2 Å². The summed E-state index contributed by atoms with van der Waals surface area (Å²) < 4.78 is 38.6. The number of sulfonamides is 1. The number of nitrogens with one attached hydrogen (secondary N) is 2. The average Bonchev–Trinajstić information content (AvgIpc) is 2.74. The van der Waals surface area contributed by atoms with Crippen molar-refractivity contribution >= 4 is 33.2 Å². The predicted molar refractivity (Wildman–Crippen MR) is 129 cm³/mol. The van der Waals surface area contributed by atoms with E-state index in [0.29, 0.717) is 33.5 Å². The molecule has 0 aliphatic carbocycles. The lowest BCUT2D eigenvalue weighted by Gasteiger charge is -2.14. The van der Waals surface area contributed by atoms with Crippen molar-refractivity contribution in [1.29, 1.82) is 0 Å². The number of hydrogen-bond acceptors (Lipinski definition) is 5. The number of carbonyl (C=O) groups is 1. The molecule has 0 bridgehead atoms. The van der Waals surface area contributed by atoms with Crippen LogP contribution in [0, 0.1) is 6.92 Å². The lowest BCUT2D eigenvalue weighted by Crippen LogP contribution is -2.30. The fourth-order valence-electron chi connectivity index (χ4n) is 2.96. The third kappa shape index (κ3) is 6.95. The topological polar surface area (TPSA) is 93.7 Å². The highest BCUT2D eigenvalue weighted by Crippen LogP contribution is 2.32. The zero-order valence-electron chi connectivity index (χ0n) is 18.5. The molecule has 9 heteroatoms. The standard InChI is InChI=1S/C24H25ClN2O5S/c1-16(2)27-33(29,30)20-10-12-22(17(3)13-20)31-15-24(28)26-21-14-18(25)9-11-23(21)32-19-7-5-4-6-8-19/h4-14,16,27H,15H2,1-3H3,(H,26,28). The van der Waals surface area contributed by atoms with Gasteiger partial charge in [0.15, 0.2) is 12.4 Å². The lowest BCUT2D eigenvalue weighted by molar-refractivity contribution is -0.118. The Morgan fingerprint density at radius 1 is 1.00 bits per heavy atom. The second-order valence-electron chi connectivity index (χ2n) is 7.60. The molecule has 0 aliphatic rings. The van der Waals surface area contributed by atoms with Crippen LogP contribution in [0.2, 0.25) is 5.02 Å². The van der Waals surface area contributed by atoms with Crippen LogP contribution in [0.3, 0.4) is 0 Å². The van der Waals surface area contributed by atoms with Gasteiger partial charge >= 0.3 is 0 Å². The average molecular weight is 489 g/mol. The Balaban J connectivity index is 1.67. The van der Waals surface area contributed by atoms with Crippen molar-refractivity contribution in [2.75, 3.05) is 11.9 Å². The number of aryl methyl sites for hydroxylation is 1. The van der Waals surface area contributed by atoms with Gasteiger partial charge in [0.1, 0.15) is 11.5 Å². The third-order valence-corrected chi connectivity index (χ3v) is 6.28. The van der Waals surface area contributed by atoms with E-state index in [4.69, 9.17) is 21.1 Å². The van der Waals surface area contributed by atoms with Gasteiger partial charge in [0.2, 0.25) is 10.0 Å². The van der Waals surface area contributed by atoms with Crippen molar-refractivity contribution in [3.8, 4) is 17.2 Å². The maximum atomic E-state index is 12.5. The Morgan fingerprint density at radius 2 is 1.70 bits per heavy atom. The van der Waals surface area contributed by atoms with Crippen molar-refractivity contribution < 1.29 is 22.7 Å². The van der Waals surface area contributed by atoms with Gasteiger partial charge in [-0.15, -0.1) is 0 Å². The van der Waals surface area contributed by atoms with E-state index in [2.05, 4.69) is 10.0 Å². The van der Waals surface area contributed by atoms with Gasteiger partial charge in [0.25, 0.3) is 5.91 Å². The summed E-state index contributed by atoms with van der Waals surface area (Å²) in [5.41, 5.74) is 0.989. The quantitative estimate of drug-likeness (QED) is 0.434. The summed E-state index contributed by atoms with van der Waals surface area (Å²) in [6, 6.07) is 18.3. The molecule has 2 N–H and O–H groups in total. The number of halogens is 1. The summed E-state index contributed by atoms with van der Waals surface area (Å²) in [4.78, 5) is 12.7. The SMILES string of the molecule is Cc1cc(S(=O)(=O)NC(C)C)ccc1OCC(=O)Nc1cc(Cl)ccc1Oc1ccccc1. The van der Waals surface area contributed by atoms with Gasteiger partial charge < -0.3 is 14.8 Å². The molecular formula is C24H25ClN2O5S. The molecule has 0 saturated heterocycles. The smallest absolute Gasteiger partial charge is 0.262 e. The number of ether oxygens (including phenoxy) is 2. The molecule has 33 heavy (non-hydrogen) atoms. The maximum Gasteiger partial charge on any atom is 0.262 e. The molecule has 1 amide bonds. The molecule has 3 aromatic rings. The third-order valence-electron chi connectivity index (χ3n) is 4.39. The van der Waals surface area contributed by atoms with E-state index < -0.39 is 15.9 Å². The summed E-state index contributed by atoms with van der Waals surface area (Å²) in [6.45, 7) is 4.92. The molecule has 7 nitrogen and oxygen atoms in total. The Morgan fingerprint density at radius 3 is 2.36 bits per heavy atom. The van der Waals surface area contributed by atoms with Crippen molar-refractivity contribution in [3.05, 3.63) is 77.3 Å². The molecular weight excluding hydrogens is 464 g/mol. The van der Waals surface area contributed by atoms with Crippen LogP contribution in [-0.2, 0) is 14.8 Å². The Kier molecular flexibility index (Phi) is 7.97. The van der Waals surface area contributed by atoms with Crippen LogP contribution >= 0.6 is 11.6 Å². The number of para-hydroxylation sites is 1. The number of rotatable bonds is 9. The lowest BCUT2D eigenvalue weighted by atomic mass is 10.2. The normalized spacial score (nSPS) is 11.3. The van der Waals surface area contributed by atoms with Gasteiger partial charge in [-0.2, -0.15) is 0 Å². The first kappa shape index (κ1) is 24.6. The largest absolute Gasteiger partial charge is 0.483 e. The van der Waals surface area contributed by atoms with E-state index in [1.807, 2.05) is 18.2 Å². The van der Waals surface area contributed by atoms with Gasteiger partial charge in [-0.25, -0.2) is 13.1 Å². The van der Waals surface area contributed by atoms with Crippen LogP contribution in [0.4, 0.5) is 5.69 Å². The van der Waals surface area contributed by atoms with Crippen LogP contribution in [0.1, 0.15) is 19.4 Å². The fraction of sp³-hybridized carbons (Fsp3) is 0.208. The number of anilines is 1. The first-order valence-electron chi connectivity index (χ1n) is 10.2. The van der Waals surface area contributed by atoms with Crippen LogP contribution in [-0.4, -0.2) is 27.0 Å². The Bertz CT molecular complexity index is 1230. The molecule has 0 fully saturated rings. The first-order valence-corrected chi connectivity index (χ1v) is 12.1. The van der Waals surface area contributed by atoms with Crippen LogP contribution < -0.4 is 19.5 Å². The number of carbonyl (C=O) groups excluding carboxylic acids is 1. The van der Waals surface area contributed by atoms with E-state index in [-0.39, 0.29) is 17.5 Å². The molecule has 0 saturated carbocycles. The molecule has 0 aliphatic heterocycles. The molecule has 0 heterocycles. The zero-order valence-corrected chi connectivity index (χ0v) is 20.0. The molecule has 0 unspecified atom stereocenters. The minimum atomic E-state index is -3.62. The fourth-order valence-corrected chi connectivity index (χ4v) is 4.47. The molecule has 0 spiro atoms. The predicted octanol–water partition coefficient (Wildman–Crippen LogP) is 5.14. The highest BCUT2D eigenvalue weighted by molar-refractivity contribution is 7.89. The van der Waals surface area contributed by atoms with E-state index in [1.165, 1.54) is 18.2 Å². The zero-order chi connectivity index (χ0) is 24.0. The van der Waals surface area contributed by atoms with Crippen molar-refractivity contribution in [3.63, 3.8) is 0 Å². The van der Waals surface area contributed by atoms with E-state index >= 15 is 0 Å². The van der Waals surface area contributed by atoms with Crippen molar-refractivity contribution in [2.45, 2.75) is 31.7 Å². The molecule has 3 rings (SSSR count). The number of amides is 1. The van der Waals surface area contributed by atoms with Crippen LogP contribution in [0.25, 0.3) is 0 Å². The van der Waals surface area contributed by atoms with Gasteiger partial charge in [-0.3, -0.25) is 4.79 Å². The highest BCUT2D eigenvalue weighted by atomic mass is 35.5.